The Morgan fingerprint density at radius 2 is 2.19 bits per heavy atom. The second-order valence-corrected chi connectivity index (χ2v) is 8.80. The quantitative estimate of drug-likeness (QED) is 0.469. The summed E-state index contributed by atoms with van der Waals surface area (Å²) in [6.45, 7) is 0. The fourth-order valence-electron chi connectivity index (χ4n) is 2.63. The van der Waals surface area contributed by atoms with Crippen molar-refractivity contribution in [3.8, 4) is 6.07 Å². The standard InChI is InChI=1S/C16H12IN3O4S2/c17-8-3-1-2-4-9(8)26-10-7-25-15-12(19-11(21)5-6-18)14(22)20(15)13(10)16(23)24/h1-4,12,15H,5,7H2,(H,19,21)(H,23,24)/t12-,15-/m1/s1. The highest BCUT2D eigenvalue weighted by Crippen LogP contribution is 2.45. The molecule has 2 aliphatic rings. The number of fused-ring (bicyclic) bond motifs is 1. The molecule has 0 aliphatic carbocycles. The van der Waals surface area contributed by atoms with E-state index in [9.17, 15) is 19.5 Å². The SMILES string of the molecule is N#CCC(=O)N[C@@H]1C(=O)N2C(C(=O)O)=C(Sc3ccccc3I)CS[C@H]12. The number of rotatable bonds is 5. The van der Waals surface area contributed by atoms with Crippen LogP contribution < -0.4 is 5.32 Å². The van der Waals surface area contributed by atoms with Gasteiger partial charge in [0.05, 0.1) is 6.07 Å². The van der Waals surface area contributed by atoms with E-state index in [-0.39, 0.29) is 12.1 Å². The summed E-state index contributed by atoms with van der Waals surface area (Å²) < 4.78 is 0.996. The molecular weight excluding hydrogens is 489 g/mol. The Labute approximate surface area is 171 Å². The summed E-state index contributed by atoms with van der Waals surface area (Å²) in [5, 5.41) is 20.2. The average molecular weight is 501 g/mol. The molecule has 1 aromatic carbocycles. The number of β-lactam (4-membered cyclic amide) rings is 1. The van der Waals surface area contributed by atoms with Gasteiger partial charge in [0.15, 0.2) is 0 Å². The minimum Gasteiger partial charge on any atom is -0.477 e. The lowest BCUT2D eigenvalue weighted by atomic mass is 10.0. The summed E-state index contributed by atoms with van der Waals surface area (Å²) in [5.41, 5.74) is -0.0332. The molecule has 1 aromatic rings. The van der Waals surface area contributed by atoms with Crippen molar-refractivity contribution in [2.24, 2.45) is 0 Å². The van der Waals surface area contributed by atoms with E-state index >= 15 is 0 Å². The Morgan fingerprint density at radius 1 is 1.46 bits per heavy atom. The molecule has 26 heavy (non-hydrogen) atoms. The van der Waals surface area contributed by atoms with Crippen LogP contribution in [0.3, 0.4) is 0 Å². The van der Waals surface area contributed by atoms with Gasteiger partial charge in [0.1, 0.15) is 23.5 Å². The first kappa shape index (κ1) is 19.1. The molecule has 2 atom stereocenters. The molecule has 7 nitrogen and oxygen atoms in total. The molecule has 0 unspecified atom stereocenters. The summed E-state index contributed by atoms with van der Waals surface area (Å²) >= 11 is 4.92. The highest BCUT2D eigenvalue weighted by Gasteiger charge is 2.54. The number of nitrogens with zero attached hydrogens (tertiary/aromatic N) is 2. The number of hydrogen-bond acceptors (Lipinski definition) is 6. The van der Waals surface area contributed by atoms with E-state index in [0.717, 1.165) is 8.47 Å². The molecule has 0 spiro atoms. The van der Waals surface area contributed by atoms with Gasteiger partial charge in [-0.3, -0.25) is 14.5 Å². The Balaban J connectivity index is 1.84. The zero-order chi connectivity index (χ0) is 18.8. The lowest BCUT2D eigenvalue weighted by Gasteiger charge is -2.49. The lowest BCUT2D eigenvalue weighted by molar-refractivity contribution is -0.150. The van der Waals surface area contributed by atoms with Crippen molar-refractivity contribution in [1.82, 2.24) is 10.2 Å². The van der Waals surface area contributed by atoms with Crippen LogP contribution in [0, 0.1) is 14.9 Å². The van der Waals surface area contributed by atoms with Gasteiger partial charge in [-0.1, -0.05) is 23.9 Å². The van der Waals surface area contributed by atoms with Crippen LogP contribution in [-0.4, -0.2) is 45.0 Å². The summed E-state index contributed by atoms with van der Waals surface area (Å²) in [6.07, 6.45) is -0.337. The lowest BCUT2D eigenvalue weighted by Crippen LogP contribution is -2.70. The molecule has 0 saturated carbocycles. The Bertz CT molecular complexity index is 867. The van der Waals surface area contributed by atoms with Crippen molar-refractivity contribution in [2.45, 2.75) is 22.7 Å². The maximum absolute atomic E-state index is 12.4. The van der Waals surface area contributed by atoms with Crippen molar-refractivity contribution in [3.05, 3.63) is 38.4 Å². The monoisotopic (exact) mass is 501 g/mol. The Kier molecular flexibility index (Phi) is 5.79. The van der Waals surface area contributed by atoms with Crippen LogP contribution in [0.25, 0.3) is 0 Å². The fourth-order valence-corrected chi connectivity index (χ4v) is 5.84. The van der Waals surface area contributed by atoms with Gasteiger partial charge >= 0.3 is 5.97 Å². The first-order valence-electron chi connectivity index (χ1n) is 7.44. The van der Waals surface area contributed by atoms with Gasteiger partial charge in [-0.15, -0.1) is 11.8 Å². The van der Waals surface area contributed by atoms with E-state index in [4.69, 9.17) is 5.26 Å². The summed E-state index contributed by atoms with van der Waals surface area (Å²) in [4.78, 5) is 38.5. The molecule has 0 bridgehead atoms. The van der Waals surface area contributed by atoms with Crippen molar-refractivity contribution < 1.29 is 19.5 Å². The normalized spacial score (nSPS) is 21.5. The minimum absolute atomic E-state index is 0.0332. The topological polar surface area (TPSA) is 111 Å². The highest BCUT2D eigenvalue weighted by molar-refractivity contribution is 14.1. The van der Waals surface area contributed by atoms with Crippen molar-refractivity contribution in [3.63, 3.8) is 0 Å². The summed E-state index contributed by atoms with van der Waals surface area (Å²) in [6, 6.07) is 8.54. The molecule has 0 radical (unpaired) electrons. The number of carboxylic acid groups (broad SMARTS) is 1. The van der Waals surface area contributed by atoms with Crippen LogP contribution in [0.15, 0.2) is 39.8 Å². The molecule has 2 amide bonds. The van der Waals surface area contributed by atoms with Crippen molar-refractivity contribution in [2.75, 3.05) is 5.75 Å². The first-order valence-corrected chi connectivity index (χ1v) is 10.4. The maximum Gasteiger partial charge on any atom is 0.353 e. The number of hydrogen-bond donors (Lipinski definition) is 2. The molecule has 10 heteroatoms. The van der Waals surface area contributed by atoms with Crippen LogP contribution in [0.4, 0.5) is 0 Å². The number of benzene rings is 1. The number of thioether (sulfide) groups is 2. The molecule has 2 aliphatic heterocycles. The van der Waals surface area contributed by atoms with Crippen LogP contribution in [0.2, 0.25) is 0 Å². The highest BCUT2D eigenvalue weighted by atomic mass is 127. The predicted molar refractivity (Wildman–Crippen MR) is 105 cm³/mol. The number of nitrogens with one attached hydrogen (secondary N) is 1. The number of carboxylic acids is 1. The van der Waals surface area contributed by atoms with Gasteiger partial charge in [0.2, 0.25) is 5.91 Å². The molecule has 1 saturated heterocycles. The van der Waals surface area contributed by atoms with E-state index in [2.05, 4.69) is 27.9 Å². The first-order chi connectivity index (χ1) is 12.4. The molecule has 2 heterocycles. The second-order valence-electron chi connectivity index (χ2n) is 5.40. The van der Waals surface area contributed by atoms with E-state index in [0.29, 0.717) is 10.7 Å². The second kappa shape index (κ2) is 7.89. The number of aliphatic carboxylic acids is 1. The maximum atomic E-state index is 12.4. The smallest absolute Gasteiger partial charge is 0.353 e. The van der Waals surface area contributed by atoms with Gasteiger partial charge in [0.25, 0.3) is 5.91 Å². The third kappa shape index (κ3) is 3.56. The van der Waals surface area contributed by atoms with E-state index in [1.807, 2.05) is 24.3 Å². The molecular formula is C16H12IN3O4S2. The summed E-state index contributed by atoms with van der Waals surface area (Å²) in [5.74, 6) is -1.74. The van der Waals surface area contributed by atoms with Crippen LogP contribution in [0.5, 0.6) is 0 Å². The average Bonchev–Trinajstić information content (AvgIpc) is 2.61. The van der Waals surface area contributed by atoms with Crippen LogP contribution in [-0.2, 0) is 14.4 Å². The minimum atomic E-state index is -1.17. The molecule has 2 N–H and O–H groups in total. The molecule has 3 rings (SSSR count). The van der Waals surface area contributed by atoms with E-state index in [1.165, 1.54) is 28.4 Å². The number of carbonyl (C=O) groups excluding carboxylic acids is 2. The third-order valence-corrected chi connectivity index (χ3v) is 7.69. The van der Waals surface area contributed by atoms with Crippen molar-refractivity contribution in [1.29, 1.82) is 5.26 Å². The number of nitriles is 1. The third-order valence-electron chi connectivity index (χ3n) is 3.76. The largest absolute Gasteiger partial charge is 0.477 e. The molecule has 0 aromatic heterocycles. The molecule has 134 valence electrons. The number of amides is 2. The zero-order valence-corrected chi connectivity index (χ0v) is 16.9. The predicted octanol–water partition coefficient (Wildman–Crippen LogP) is 1.99. The van der Waals surface area contributed by atoms with Gasteiger partial charge in [-0.2, -0.15) is 5.26 Å². The van der Waals surface area contributed by atoms with E-state index in [1.54, 1.807) is 6.07 Å². The van der Waals surface area contributed by atoms with Crippen molar-refractivity contribution >= 4 is 63.9 Å². The van der Waals surface area contributed by atoms with Gasteiger partial charge in [0, 0.05) is 19.1 Å². The van der Waals surface area contributed by atoms with E-state index < -0.39 is 29.2 Å². The van der Waals surface area contributed by atoms with Gasteiger partial charge in [-0.05, 0) is 34.7 Å². The van der Waals surface area contributed by atoms with Gasteiger partial charge in [-0.25, -0.2) is 4.79 Å². The zero-order valence-electron chi connectivity index (χ0n) is 13.1. The van der Waals surface area contributed by atoms with Crippen LogP contribution in [0.1, 0.15) is 6.42 Å². The number of halogens is 1. The number of carbonyl (C=O) groups is 3. The Hall–Kier alpha value is -1.71. The fraction of sp³-hybridized carbons (Fsp3) is 0.250. The Morgan fingerprint density at radius 3 is 2.85 bits per heavy atom. The molecule has 1 fully saturated rings. The van der Waals surface area contributed by atoms with Gasteiger partial charge < -0.3 is 10.4 Å². The summed E-state index contributed by atoms with van der Waals surface area (Å²) in [7, 11) is 0. The van der Waals surface area contributed by atoms with Crippen LogP contribution >= 0.6 is 46.1 Å².